The second-order valence-electron chi connectivity index (χ2n) is 6.39. The fraction of sp³-hybridized carbons (Fsp3) is 0.316. The van der Waals surface area contributed by atoms with Gasteiger partial charge in [0.2, 0.25) is 0 Å². The number of ketones is 1. The van der Waals surface area contributed by atoms with Crippen molar-refractivity contribution < 1.29 is 39.5 Å². The van der Waals surface area contributed by atoms with Gasteiger partial charge in [0, 0.05) is 0 Å². The van der Waals surface area contributed by atoms with Gasteiger partial charge >= 0.3 is 198 Å². The van der Waals surface area contributed by atoms with Gasteiger partial charge in [0.25, 0.3) is 0 Å². The SMILES string of the molecule is COc1cc(OC)c(C(=O)[CH](C(OC)c2ccccc2)[Tl]([O][N+](=O)[O-])[O][N+](=O)[O-])c(OC)c1. The molecule has 2 aromatic rings. The second kappa shape index (κ2) is 12.1. The molecule has 0 saturated carbocycles. The van der Waals surface area contributed by atoms with Crippen molar-refractivity contribution in [2.45, 2.75) is 9.58 Å². The van der Waals surface area contributed by atoms with Gasteiger partial charge in [0.05, 0.1) is 0 Å². The van der Waals surface area contributed by atoms with Crippen molar-refractivity contribution in [2.75, 3.05) is 28.4 Å². The number of benzene rings is 2. The van der Waals surface area contributed by atoms with E-state index >= 15 is 0 Å². The van der Waals surface area contributed by atoms with Gasteiger partial charge in [-0.1, -0.05) is 0 Å². The van der Waals surface area contributed by atoms with Crippen molar-refractivity contribution in [3.63, 3.8) is 0 Å². The van der Waals surface area contributed by atoms with Gasteiger partial charge < -0.3 is 0 Å². The molecule has 2 rings (SSSR count). The summed E-state index contributed by atoms with van der Waals surface area (Å²) in [5.74, 6) is -0.429. The maximum absolute atomic E-state index is 13.9. The molecule has 0 aliphatic heterocycles. The molecule has 14 heteroatoms. The van der Waals surface area contributed by atoms with E-state index in [1.807, 2.05) is 0 Å². The van der Waals surface area contributed by atoms with Crippen molar-refractivity contribution >= 4 is 29.4 Å². The second-order valence-corrected chi connectivity index (χ2v) is 13.7. The first-order valence-corrected chi connectivity index (χ1v) is 15.6. The molecule has 2 aromatic carbocycles. The zero-order chi connectivity index (χ0) is 24.5. The van der Waals surface area contributed by atoms with Crippen molar-refractivity contribution in [1.29, 1.82) is 0 Å². The molecule has 0 spiro atoms. The van der Waals surface area contributed by atoms with E-state index in [1.165, 1.54) is 40.6 Å². The number of carbonyl (C=O) groups is 1. The predicted octanol–water partition coefficient (Wildman–Crippen LogP) is 2.56. The third-order valence-electron chi connectivity index (χ3n) is 4.65. The summed E-state index contributed by atoms with van der Waals surface area (Å²) in [5, 5.41) is 19.9. The number of Topliss-reactive ketones (excluding diaryl/α,β-unsaturated/α-hetero) is 1. The van der Waals surface area contributed by atoms with Crippen LogP contribution in [0.3, 0.4) is 0 Å². The molecule has 13 nitrogen and oxygen atoms in total. The van der Waals surface area contributed by atoms with Gasteiger partial charge in [0.15, 0.2) is 0 Å². The summed E-state index contributed by atoms with van der Waals surface area (Å²) < 4.78 is 29.1. The molecule has 0 aromatic heterocycles. The van der Waals surface area contributed by atoms with Crippen molar-refractivity contribution in [3.05, 3.63) is 73.8 Å². The van der Waals surface area contributed by atoms with Crippen LogP contribution in [0.1, 0.15) is 22.0 Å². The van der Waals surface area contributed by atoms with Gasteiger partial charge in [0.1, 0.15) is 0 Å². The zero-order valence-electron chi connectivity index (χ0n) is 18.2. The number of ether oxygens (including phenoxy) is 4. The number of methoxy groups -OCH3 is 4. The van der Waals surface area contributed by atoms with Gasteiger partial charge in [-0.15, -0.1) is 0 Å². The number of carbonyl (C=O) groups excluding carboxylic acids is 1. The van der Waals surface area contributed by atoms with E-state index in [4.69, 9.17) is 18.9 Å². The fourth-order valence-corrected chi connectivity index (χ4v) is 9.95. The molecular formula is C19H21N2O11Tl. The fourth-order valence-electron chi connectivity index (χ4n) is 3.27. The van der Waals surface area contributed by atoms with Crippen LogP contribution in [0.15, 0.2) is 42.5 Å². The Morgan fingerprint density at radius 1 is 0.879 bits per heavy atom. The van der Waals surface area contributed by atoms with Gasteiger partial charge in [-0.05, 0) is 0 Å². The van der Waals surface area contributed by atoms with E-state index in [2.05, 4.69) is 5.58 Å². The average Bonchev–Trinajstić information content (AvgIpc) is 2.80. The predicted molar refractivity (Wildman–Crippen MR) is 112 cm³/mol. The average molecular weight is 658 g/mol. The summed E-state index contributed by atoms with van der Waals surface area (Å²) in [5.41, 5.74) is 0.321. The molecule has 0 heterocycles. The molecule has 0 aliphatic rings. The Hall–Kier alpha value is -3.21. The molecule has 0 aliphatic carbocycles. The van der Waals surface area contributed by atoms with E-state index in [0.717, 1.165) is 0 Å². The zero-order valence-corrected chi connectivity index (χ0v) is 22.6. The normalized spacial score (nSPS) is 12.1. The number of nitrogens with zero attached hydrogens (tertiary/aromatic N) is 2. The topological polar surface area (TPSA) is 159 Å². The number of hydrogen-bond acceptors (Lipinski definition) is 11. The van der Waals surface area contributed by atoms with Gasteiger partial charge in [-0.3, -0.25) is 0 Å². The van der Waals surface area contributed by atoms with Crippen LogP contribution in [0.2, 0.25) is 3.48 Å². The van der Waals surface area contributed by atoms with Crippen LogP contribution in [-0.2, 0) is 10.3 Å². The van der Waals surface area contributed by atoms with Crippen LogP contribution >= 0.6 is 0 Å². The van der Waals surface area contributed by atoms with Crippen LogP contribution in [-0.4, -0.2) is 68.0 Å². The van der Waals surface area contributed by atoms with Crippen molar-refractivity contribution in [2.24, 2.45) is 0 Å². The van der Waals surface area contributed by atoms with E-state index < -0.39 is 49.1 Å². The van der Waals surface area contributed by atoms with Gasteiger partial charge in [-0.25, -0.2) is 0 Å². The Morgan fingerprint density at radius 3 is 1.79 bits per heavy atom. The van der Waals surface area contributed by atoms with Crippen LogP contribution in [0.25, 0.3) is 0 Å². The van der Waals surface area contributed by atoms with Crippen LogP contribution in [0.4, 0.5) is 0 Å². The summed E-state index contributed by atoms with van der Waals surface area (Å²) >= 11 is -5.09. The van der Waals surface area contributed by atoms with E-state index in [1.54, 1.807) is 30.3 Å². The molecule has 33 heavy (non-hydrogen) atoms. The molecule has 0 saturated heterocycles. The molecule has 0 bridgehead atoms. The van der Waals surface area contributed by atoms with E-state index in [0.29, 0.717) is 11.3 Å². The molecule has 2 atom stereocenters. The molecule has 0 fully saturated rings. The van der Waals surface area contributed by atoms with Crippen molar-refractivity contribution in [3.8, 4) is 17.2 Å². The minimum atomic E-state index is -5.09. The summed E-state index contributed by atoms with van der Waals surface area (Å²) in [7, 11) is 5.27. The molecule has 0 N–H and O–H groups in total. The molecule has 176 valence electrons. The third kappa shape index (κ3) is 6.41. The first-order chi connectivity index (χ1) is 15.8. The van der Waals surface area contributed by atoms with Crippen LogP contribution in [0, 0.1) is 20.2 Å². The molecule has 0 radical (unpaired) electrons. The Labute approximate surface area is 197 Å². The Balaban J connectivity index is 2.75. The van der Waals surface area contributed by atoms with E-state index in [9.17, 15) is 25.0 Å². The first-order valence-electron chi connectivity index (χ1n) is 9.31. The molecular weight excluding hydrogens is 637 g/mol. The summed E-state index contributed by atoms with van der Waals surface area (Å²) in [4.78, 5) is 36.2. The van der Waals surface area contributed by atoms with E-state index in [-0.39, 0.29) is 17.1 Å². The Morgan fingerprint density at radius 2 is 1.39 bits per heavy atom. The Bertz CT molecular complexity index is 948. The van der Waals surface area contributed by atoms with Crippen LogP contribution in [0.5, 0.6) is 17.2 Å². The molecule has 2 unspecified atom stereocenters. The number of rotatable bonds is 13. The quantitative estimate of drug-likeness (QED) is 0.135. The Kier molecular flexibility index (Phi) is 9.59. The summed E-state index contributed by atoms with van der Waals surface area (Å²) in [6, 6.07) is 11.1. The minimum absolute atomic E-state index is 0.0264. The monoisotopic (exact) mass is 658 g/mol. The van der Waals surface area contributed by atoms with Gasteiger partial charge in [-0.2, -0.15) is 0 Å². The number of hydrogen-bond donors (Lipinski definition) is 0. The standard InChI is InChI=1S/C19H21O5.2NO3.Tl/c1-21-14-10-17(23-3)19(18(11-14)24-4)15(20)12-16(22-2)13-8-6-5-7-9-13;2*2-1(3)4;/h5-12,16H,1-4H3;;;/q;2*-1;+2. The third-order valence-corrected chi connectivity index (χ3v) is 12.4. The summed E-state index contributed by atoms with van der Waals surface area (Å²) in [6.45, 7) is 0. The first kappa shape index (κ1) is 26.0. The van der Waals surface area contributed by atoms with Crippen LogP contribution < -0.4 is 14.2 Å². The molecule has 0 amide bonds. The maximum atomic E-state index is 13.9. The summed E-state index contributed by atoms with van der Waals surface area (Å²) in [6.07, 6.45) is -1.15. The van der Waals surface area contributed by atoms with Crippen molar-refractivity contribution in [1.82, 2.24) is 0 Å².